The van der Waals surface area contributed by atoms with Crippen LogP contribution < -0.4 is 4.74 Å². The van der Waals surface area contributed by atoms with Crippen LogP contribution in [0.4, 0.5) is 0 Å². The molecule has 0 fully saturated rings. The van der Waals surface area contributed by atoms with E-state index in [1.54, 1.807) is 19.1 Å². The monoisotopic (exact) mass is 326 g/mol. The largest absolute Gasteiger partial charge is 0.489 e. The number of hydrogen-bond acceptors (Lipinski definition) is 4. The molecule has 24 heavy (non-hydrogen) atoms. The quantitative estimate of drug-likeness (QED) is 0.565. The highest BCUT2D eigenvalue weighted by molar-refractivity contribution is 6.06. The molecular weight excluding hydrogens is 304 g/mol. The van der Waals surface area contributed by atoms with E-state index in [2.05, 4.69) is 0 Å². The summed E-state index contributed by atoms with van der Waals surface area (Å²) in [4.78, 5) is 24.2. The summed E-state index contributed by atoms with van der Waals surface area (Å²) in [5.41, 5.74) is 2.43. The molecule has 126 valence electrons. The summed E-state index contributed by atoms with van der Waals surface area (Å²) in [6, 6.07) is 13.2. The van der Waals surface area contributed by atoms with Crippen molar-refractivity contribution in [3.8, 4) is 5.75 Å². The molecular formula is C20H22O4. The van der Waals surface area contributed by atoms with E-state index in [0.717, 1.165) is 5.56 Å². The molecule has 0 heterocycles. The molecule has 0 amide bonds. The summed E-state index contributed by atoms with van der Waals surface area (Å²) in [6.07, 6.45) is 0.569. The van der Waals surface area contributed by atoms with E-state index in [9.17, 15) is 9.59 Å². The number of carbonyl (C=O) groups excluding carboxylic acids is 2. The zero-order chi connectivity index (χ0) is 17.5. The summed E-state index contributed by atoms with van der Waals surface area (Å²) < 4.78 is 11.0. The Kier molecular flexibility index (Phi) is 6.13. The fourth-order valence-electron chi connectivity index (χ4n) is 2.58. The molecule has 2 aromatic carbocycles. The Balaban J connectivity index is 2.39. The van der Waals surface area contributed by atoms with Gasteiger partial charge in [0.1, 0.15) is 12.4 Å². The highest BCUT2D eigenvalue weighted by Crippen LogP contribution is 2.28. The van der Waals surface area contributed by atoms with Gasteiger partial charge in [0.15, 0.2) is 5.78 Å². The van der Waals surface area contributed by atoms with Gasteiger partial charge in [-0.05, 0) is 38.0 Å². The number of Topliss-reactive ketones (excluding diaryl/α,β-unsaturated/α-hetero) is 1. The number of ketones is 1. The second-order valence-corrected chi connectivity index (χ2v) is 5.37. The summed E-state index contributed by atoms with van der Waals surface area (Å²) in [5, 5.41) is 0. The minimum Gasteiger partial charge on any atom is -0.489 e. The van der Waals surface area contributed by atoms with Gasteiger partial charge >= 0.3 is 5.97 Å². The molecule has 0 spiro atoms. The van der Waals surface area contributed by atoms with E-state index in [1.807, 2.05) is 37.3 Å². The molecule has 0 unspecified atom stereocenters. The fraction of sp³-hybridized carbons (Fsp3) is 0.300. The Labute approximate surface area is 142 Å². The molecule has 0 aliphatic carbocycles. The predicted molar refractivity (Wildman–Crippen MR) is 92.6 cm³/mol. The van der Waals surface area contributed by atoms with Gasteiger partial charge in [0, 0.05) is 11.1 Å². The molecule has 0 aliphatic heterocycles. The average molecular weight is 326 g/mol. The van der Waals surface area contributed by atoms with Crippen LogP contribution in [0.3, 0.4) is 0 Å². The molecule has 2 aromatic rings. The summed E-state index contributed by atoms with van der Waals surface area (Å²) in [6.45, 7) is 5.77. The highest BCUT2D eigenvalue weighted by atomic mass is 16.5. The third-order valence-corrected chi connectivity index (χ3v) is 3.72. The Hall–Kier alpha value is -2.62. The van der Waals surface area contributed by atoms with E-state index in [4.69, 9.17) is 9.47 Å². The molecule has 4 heteroatoms. The zero-order valence-electron chi connectivity index (χ0n) is 14.3. The van der Waals surface area contributed by atoms with E-state index >= 15 is 0 Å². The Bertz CT molecular complexity index is 720. The van der Waals surface area contributed by atoms with Crippen molar-refractivity contribution in [1.82, 2.24) is 0 Å². The highest BCUT2D eigenvalue weighted by Gasteiger charge is 2.22. The van der Waals surface area contributed by atoms with Crippen LogP contribution in [-0.4, -0.2) is 18.4 Å². The number of hydrogen-bond donors (Lipinski definition) is 0. The van der Waals surface area contributed by atoms with Crippen molar-refractivity contribution in [3.63, 3.8) is 0 Å². The molecule has 4 nitrogen and oxygen atoms in total. The number of esters is 1. The van der Waals surface area contributed by atoms with Crippen LogP contribution in [0.25, 0.3) is 0 Å². The minimum absolute atomic E-state index is 0.164. The van der Waals surface area contributed by atoms with Gasteiger partial charge in [-0.2, -0.15) is 0 Å². The molecule has 0 atom stereocenters. The van der Waals surface area contributed by atoms with Crippen molar-refractivity contribution in [2.24, 2.45) is 0 Å². The first kappa shape index (κ1) is 17.7. The zero-order valence-corrected chi connectivity index (χ0v) is 14.3. The molecule has 2 rings (SSSR count). The molecule has 0 saturated heterocycles. The van der Waals surface area contributed by atoms with E-state index in [1.165, 1.54) is 6.92 Å². The number of rotatable bonds is 7. The second-order valence-electron chi connectivity index (χ2n) is 5.37. The molecule has 0 radical (unpaired) electrons. The Morgan fingerprint density at radius 2 is 1.71 bits per heavy atom. The van der Waals surface area contributed by atoms with Gasteiger partial charge in [-0.3, -0.25) is 4.79 Å². The van der Waals surface area contributed by atoms with Gasteiger partial charge in [-0.25, -0.2) is 4.79 Å². The maximum Gasteiger partial charge on any atom is 0.339 e. The van der Waals surface area contributed by atoms with E-state index in [-0.39, 0.29) is 12.4 Å². The van der Waals surface area contributed by atoms with Crippen LogP contribution in [0.1, 0.15) is 52.6 Å². The van der Waals surface area contributed by atoms with Gasteiger partial charge < -0.3 is 9.47 Å². The third-order valence-electron chi connectivity index (χ3n) is 3.72. The molecule has 0 N–H and O–H groups in total. The van der Waals surface area contributed by atoms with Crippen LogP contribution in [0.15, 0.2) is 42.5 Å². The van der Waals surface area contributed by atoms with Crippen LogP contribution >= 0.6 is 0 Å². The SMILES string of the molecule is CCOC(=O)c1c(C(C)=O)ccc(OCc2ccccc2)c1CC. The van der Waals surface area contributed by atoms with Gasteiger partial charge in [0.2, 0.25) is 0 Å². The lowest BCUT2D eigenvalue weighted by Gasteiger charge is -2.16. The number of carbonyl (C=O) groups is 2. The van der Waals surface area contributed by atoms with Gasteiger partial charge in [0.25, 0.3) is 0 Å². The van der Waals surface area contributed by atoms with Gasteiger partial charge in [-0.15, -0.1) is 0 Å². The maximum absolute atomic E-state index is 12.3. The smallest absolute Gasteiger partial charge is 0.339 e. The number of benzene rings is 2. The van der Waals surface area contributed by atoms with Crippen molar-refractivity contribution in [1.29, 1.82) is 0 Å². The maximum atomic E-state index is 12.3. The lowest BCUT2D eigenvalue weighted by molar-refractivity contribution is 0.0521. The van der Waals surface area contributed by atoms with Crippen molar-refractivity contribution < 1.29 is 19.1 Å². The van der Waals surface area contributed by atoms with Crippen molar-refractivity contribution >= 4 is 11.8 Å². The molecule has 0 saturated carbocycles. The first-order valence-electron chi connectivity index (χ1n) is 8.09. The summed E-state index contributed by atoms with van der Waals surface area (Å²) in [5.74, 6) is -0.0403. The van der Waals surface area contributed by atoms with Gasteiger partial charge in [0.05, 0.1) is 12.2 Å². The Morgan fingerprint density at radius 1 is 1.00 bits per heavy atom. The van der Waals surface area contributed by atoms with Crippen molar-refractivity contribution in [2.45, 2.75) is 33.8 Å². The fourth-order valence-corrected chi connectivity index (χ4v) is 2.58. The van der Waals surface area contributed by atoms with Crippen molar-refractivity contribution in [3.05, 3.63) is 64.7 Å². The van der Waals surface area contributed by atoms with E-state index in [0.29, 0.717) is 35.5 Å². The second kappa shape index (κ2) is 8.29. The topological polar surface area (TPSA) is 52.6 Å². The predicted octanol–water partition coefficient (Wildman–Crippen LogP) is 4.21. The van der Waals surface area contributed by atoms with E-state index < -0.39 is 5.97 Å². The van der Waals surface area contributed by atoms with Crippen LogP contribution in [-0.2, 0) is 17.8 Å². The third kappa shape index (κ3) is 4.02. The first-order valence-corrected chi connectivity index (χ1v) is 8.09. The lowest BCUT2D eigenvalue weighted by atomic mass is 9.96. The summed E-state index contributed by atoms with van der Waals surface area (Å²) in [7, 11) is 0. The van der Waals surface area contributed by atoms with Crippen molar-refractivity contribution in [2.75, 3.05) is 6.61 Å². The Morgan fingerprint density at radius 3 is 2.29 bits per heavy atom. The molecule has 0 aliphatic rings. The standard InChI is InChI=1S/C20H22O4/c1-4-16-18(24-13-15-9-7-6-8-10-15)12-11-17(14(3)21)19(16)20(22)23-5-2/h6-12H,4-5,13H2,1-3H3. The first-order chi connectivity index (χ1) is 11.6. The summed E-state index contributed by atoms with van der Waals surface area (Å²) >= 11 is 0. The lowest BCUT2D eigenvalue weighted by Crippen LogP contribution is -2.15. The minimum atomic E-state index is -0.482. The van der Waals surface area contributed by atoms with Crippen LogP contribution in [0.5, 0.6) is 5.75 Å². The van der Waals surface area contributed by atoms with Gasteiger partial charge in [-0.1, -0.05) is 37.3 Å². The molecule has 0 bridgehead atoms. The van der Waals surface area contributed by atoms with Crippen LogP contribution in [0.2, 0.25) is 0 Å². The molecule has 0 aromatic heterocycles. The van der Waals surface area contributed by atoms with Crippen LogP contribution in [0, 0.1) is 0 Å². The normalized spacial score (nSPS) is 10.3. The average Bonchev–Trinajstić information content (AvgIpc) is 2.59. The number of ether oxygens (including phenoxy) is 2.